The Morgan fingerprint density at radius 3 is 2.72 bits per heavy atom. The fourth-order valence-electron chi connectivity index (χ4n) is 3.50. The summed E-state index contributed by atoms with van der Waals surface area (Å²) in [6, 6.07) is 7.42. The molecule has 1 fully saturated rings. The second kappa shape index (κ2) is 7.17. The predicted octanol–water partition coefficient (Wildman–Crippen LogP) is 2.46. The number of benzene rings is 1. The van der Waals surface area contributed by atoms with Gasteiger partial charge in [0, 0.05) is 11.6 Å². The number of halogens is 2. The fourth-order valence-corrected chi connectivity index (χ4v) is 3.70. The van der Waals surface area contributed by atoms with Crippen molar-refractivity contribution in [2.45, 2.75) is 44.0 Å². The van der Waals surface area contributed by atoms with Crippen molar-refractivity contribution in [3.63, 3.8) is 0 Å². The maximum atomic E-state index is 15.5. The fraction of sp³-hybridized carbons (Fsp3) is 0.421. The zero-order valence-corrected chi connectivity index (χ0v) is 16.6. The van der Waals surface area contributed by atoms with Gasteiger partial charge < -0.3 is 20.3 Å². The number of aliphatic hydroxyl groups excluding tert-OH is 1. The van der Waals surface area contributed by atoms with Crippen LogP contribution in [-0.4, -0.2) is 53.7 Å². The van der Waals surface area contributed by atoms with Crippen LogP contribution >= 0.6 is 11.6 Å². The highest BCUT2D eigenvalue weighted by atomic mass is 35.5. The summed E-state index contributed by atoms with van der Waals surface area (Å²) in [6.07, 6.45) is 0.422. The van der Waals surface area contributed by atoms with Gasteiger partial charge in [0.05, 0.1) is 12.9 Å². The summed E-state index contributed by atoms with van der Waals surface area (Å²) in [4.78, 5) is 12.8. The summed E-state index contributed by atoms with van der Waals surface area (Å²) in [5.74, 6) is 0.456. The third kappa shape index (κ3) is 3.14. The third-order valence-electron chi connectivity index (χ3n) is 5.55. The monoisotopic (exact) mass is 421 g/mol. The van der Waals surface area contributed by atoms with Crippen molar-refractivity contribution in [1.29, 1.82) is 0 Å². The lowest BCUT2D eigenvalue weighted by Crippen LogP contribution is -2.51. The van der Waals surface area contributed by atoms with Crippen LogP contribution in [0.4, 0.5) is 10.2 Å². The lowest BCUT2D eigenvalue weighted by Gasteiger charge is -2.32. The first-order valence-electron chi connectivity index (χ1n) is 9.09. The summed E-state index contributed by atoms with van der Waals surface area (Å²) in [5, 5.41) is 23.8. The molecule has 0 spiro atoms. The maximum Gasteiger partial charge on any atom is 0.183 e. The number of imidazole rings is 1. The van der Waals surface area contributed by atoms with Crippen molar-refractivity contribution >= 4 is 28.6 Å². The van der Waals surface area contributed by atoms with E-state index < -0.39 is 30.2 Å². The first-order chi connectivity index (χ1) is 13.8. The largest absolute Gasteiger partial charge is 0.394 e. The lowest BCUT2D eigenvalue weighted by molar-refractivity contribution is -0.0891. The molecule has 154 valence electrons. The van der Waals surface area contributed by atoms with E-state index in [4.69, 9.17) is 16.3 Å². The average molecular weight is 422 g/mol. The molecule has 0 saturated carbocycles. The molecule has 3 aromatic rings. The summed E-state index contributed by atoms with van der Waals surface area (Å²) < 4.78 is 22.5. The molecule has 3 heterocycles. The van der Waals surface area contributed by atoms with Gasteiger partial charge in [0.15, 0.2) is 28.9 Å². The highest BCUT2D eigenvalue weighted by molar-refractivity contribution is 6.31. The molecule has 1 aliphatic rings. The number of aromatic nitrogens is 4. The molecule has 4 rings (SSSR count). The van der Waals surface area contributed by atoms with Crippen LogP contribution < -0.4 is 5.32 Å². The van der Waals surface area contributed by atoms with Gasteiger partial charge >= 0.3 is 0 Å². The Balaban J connectivity index is 1.67. The van der Waals surface area contributed by atoms with Crippen molar-refractivity contribution in [2.24, 2.45) is 0 Å². The zero-order valence-electron chi connectivity index (χ0n) is 15.9. The van der Waals surface area contributed by atoms with Crippen molar-refractivity contribution in [2.75, 3.05) is 11.9 Å². The van der Waals surface area contributed by atoms with Gasteiger partial charge in [0.2, 0.25) is 0 Å². The SMILES string of the molecule is C[C@]1(O)[C@@H](CO)O[C@@H](n2cnc3c(NCc4ccccc4Cl)ncnc32)[C@]1(C)F. The molecule has 0 aliphatic carbocycles. The number of fused-ring (bicyclic) bond motifs is 1. The van der Waals surface area contributed by atoms with Gasteiger partial charge in [-0.15, -0.1) is 0 Å². The second-order valence-electron chi connectivity index (χ2n) is 7.37. The van der Waals surface area contributed by atoms with Gasteiger partial charge in [0.25, 0.3) is 0 Å². The van der Waals surface area contributed by atoms with E-state index in [0.717, 1.165) is 5.56 Å². The summed E-state index contributed by atoms with van der Waals surface area (Å²) in [6.45, 7) is 2.44. The molecule has 29 heavy (non-hydrogen) atoms. The van der Waals surface area contributed by atoms with Crippen molar-refractivity contribution < 1.29 is 19.3 Å². The van der Waals surface area contributed by atoms with Gasteiger partial charge in [-0.05, 0) is 25.5 Å². The van der Waals surface area contributed by atoms with E-state index in [9.17, 15) is 10.2 Å². The van der Waals surface area contributed by atoms with E-state index in [-0.39, 0.29) is 0 Å². The van der Waals surface area contributed by atoms with E-state index >= 15 is 4.39 Å². The third-order valence-corrected chi connectivity index (χ3v) is 5.92. The Hall–Kier alpha value is -2.33. The molecule has 1 saturated heterocycles. The van der Waals surface area contributed by atoms with Gasteiger partial charge in [0.1, 0.15) is 18.0 Å². The molecule has 1 aromatic carbocycles. The van der Waals surface area contributed by atoms with E-state index in [2.05, 4.69) is 20.3 Å². The van der Waals surface area contributed by atoms with Crippen molar-refractivity contribution in [1.82, 2.24) is 19.5 Å². The Labute approximate surface area is 171 Å². The predicted molar refractivity (Wildman–Crippen MR) is 105 cm³/mol. The molecule has 0 radical (unpaired) electrons. The summed E-state index contributed by atoms with van der Waals surface area (Å²) >= 11 is 6.19. The van der Waals surface area contributed by atoms with E-state index in [0.29, 0.717) is 28.5 Å². The molecule has 10 heteroatoms. The number of rotatable bonds is 5. The number of nitrogens with one attached hydrogen (secondary N) is 1. The lowest BCUT2D eigenvalue weighted by atomic mass is 9.85. The molecule has 3 N–H and O–H groups in total. The van der Waals surface area contributed by atoms with Crippen LogP contribution in [0, 0.1) is 0 Å². The minimum atomic E-state index is -2.19. The summed E-state index contributed by atoms with van der Waals surface area (Å²) in [7, 11) is 0. The molecule has 4 atom stereocenters. The molecule has 0 bridgehead atoms. The van der Waals surface area contributed by atoms with Crippen LogP contribution in [0.25, 0.3) is 11.2 Å². The second-order valence-corrected chi connectivity index (χ2v) is 7.78. The van der Waals surface area contributed by atoms with E-state index in [1.165, 1.54) is 31.1 Å². The van der Waals surface area contributed by atoms with Crippen LogP contribution in [0.2, 0.25) is 5.02 Å². The van der Waals surface area contributed by atoms with Crippen LogP contribution in [0.1, 0.15) is 25.6 Å². The molecule has 1 aliphatic heterocycles. The number of alkyl halides is 1. The van der Waals surface area contributed by atoms with Crippen LogP contribution in [0.5, 0.6) is 0 Å². The number of nitrogens with zero attached hydrogens (tertiary/aromatic N) is 4. The average Bonchev–Trinajstić information content (AvgIpc) is 3.18. The minimum absolute atomic E-state index is 0.338. The number of aliphatic hydroxyl groups is 2. The number of hydrogen-bond acceptors (Lipinski definition) is 7. The minimum Gasteiger partial charge on any atom is -0.394 e. The Morgan fingerprint density at radius 1 is 1.28 bits per heavy atom. The number of hydrogen-bond donors (Lipinski definition) is 3. The topological polar surface area (TPSA) is 105 Å². The van der Waals surface area contributed by atoms with E-state index in [1.54, 1.807) is 6.07 Å². The smallest absolute Gasteiger partial charge is 0.183 e. The molecular weight excluding hydrogens is 401 g/mol. The first kappa shape index (κ1) is 20.0. The van der Waals surface area contributed by atoms with Gasteiger partial charge in [-0.3, -0.25) is 4.57 Å². The number of anilines is 1. The van der Waals surface area contributed by atoms with E-state index in [1.807, 2.05) is 18.2 Å². The van der Waals surface area contributed by atoms with Gasteiger partial charge in [-0.2, -0.15) is 0 Å². The zero-order chi connectivity index (χ0) is 20.8. The highest BCUT2D eigenvalue weighted by Crippen LogP contribution is 2.48. The van der Waals surface area contributed by atoms with Crippen LogP contribution in [0.15, 0.2) is 36.9 Å². The first-order valence-corrected chi connectivity index (χ1v) is 9.47. The van der Waals surface area contributed by atoms with Crippen molar-refractivity contribution in [3.8, 4) is 0 Å². The highest BCUT2D eigenvalue weighted by Gasteiger charge is 2.63. The normalized spacial score (nSPS) is 29.4. The molecule has 0 amide bonds. The molecular formula is C19H21ClFN5O3. The molecule has 0 unspecified atom stereocenters. The quantitative estimate of drug-likeness (QED) is 0.581. The Kier molecular flexibility index (Phi) is 4.94. The Morgan fingerprint density at radius 2 is 2.03 bits per heavy atom. The van der Waals surface area contributed by atoms with Crippen LogP contribution in [-0.2, 0) is 11.3 Å². The molecule has 2 aromatic heterocycles. The van der Waals surface area contributed by atoms with Crippen molar-refractivity contribution in [3.05, 3.63) is 47.5 Å². The molecule has 8 nitrogen and oxygen atoms in total. The standard InChI is InChI=1S/C19H21ClFN5O3/c1-18(21)17(29-13(8-27)19(18,2)28)26-10-25-14-15(23-9-24-16(14)26)22-7-11-5-3-4-6-12(11)20/h3-6,9-10,13,17,27-28H,7-8H2,1-2H3,(H,22,23,24)/t13-,17-,18+,19+/m1/s1. The maximum absolute atomic E-state index is 15.5. The number of ether oxygens (including phenoxy) is 1. The summed E-state index contributed by atoms with van der Waals surface area (Å²) in [5.41, 5.74) is -2.43. The van der Waals surface area contributed by atoms with Gasteiger partial charge in [-0.1, -0.05) is 29.8 Å². The van der Waals surface area contributed by atoms with Gasteiger partial charge in [-0.25, -0.2) is 19.3 Å². The Bertz CT molecular complexity index is 1040. The van der Waals surface area contributed by atoms with Crippen LogP contribution in [0.3, 0.4) is 0 Å².